The number of hydrogen-bond donors (Lipinski definition) is 2. The highest BCUT2D eigenvalue weighted by Gasteiger charge is 2.30. The summed E-state index contributed by atoms with van der Waals surface area (Å²) in [6.07, 6.45) is -4.56. The second kappa shape index (κ2) is 6.81. The fraction of sp³-hybridized carbons (Fsp3) is 0.133. The molecule has 2 rings (SSSR count). The molecule has 0 heterocycles. The predicted molar refractivity (Wildman–Crippen MR) is 74.9 cm³/mol. The number of anilines is 2. The molecule has 0 unspecified atom stereocenters. The van der Waals surface area contributed by atoms with E-state index in [2.05, 4.69) is 10.6 Å². The second-order valence-corrected chi connectivity index (χ2v) is 4.70. The molecule has 0 fully saturated rings. The van der Waals surface area contributed by atoms with Gasteiger partial charge < -0.3 is 10.6 Å². The Morgan fingerprint density at radius 2 is 1.71 bits per heavy atom. The van der Waals surface area contributed by atoms with E-state index in [9.17, 15) is 31.1 Å². The summed E-state index contributed by atoms with van der Waals surface area (Å²) in [4.78, 5) is 11.7. The molecule has 0 aliphatic rings. The van der Waals surface area contributed by atoms with Crippen molar-refractivity contribution in [2.24, 2.45) is 0 Å². The molecule has 0 saturated carbocycles. The summed E-state index contributed by atoms with van der Waals surface area (Å²) >= 11 is 0. The third-order valence-electron chi connectivity index (χ3n) is 2.95. The predicted octanol–water partition coefficient (Wildman–Crippen LogP) is 4.17. The zero-order valence-electron chi connectivity index (χ0n) is 11.8. The second-order valence-electron chi connectivity index (χ2n) is 4.70. The lowest BCUT2D eigenvalue weighted by atomic mass is 10.2. The van der Waals surface area contributed by atoms with Crippen LogP contribution in [0.4, 0.5) is 37.7 Å². The van der Waals surface area contributed by atoms with Gasteiger partial charge in [-0.15, -0.1) is 0 Å². The van der Waals surface area contributed by atoms with Crippen molar-refractivity contribution in [2.45, 2.75) is 6.18 Å². The molecule has 0 spiro atoms. The first-order valence-electron chi connectivity index (χ1n) is 6.53. The van der Waals surface area contributed by atoms with Crippen molar-refractivity contribution >= 4 is 17.3 Å². The van der Waals surface area contributed by atoms with Crippen LogP contribution in [-0.4, -0.2) is 12.5 Å². The van der Waals surface area contributed by atoms with Crippen LogP contribution >= 0.6 is 0 Å². The summed E-state index contributed by atoms with van der Waals surface area (Å²) in [6.45, 7) is -0.557. The molecule has 3 nitrogen and oxygen atoms in total. The Morgan fingerprint density at radius 1 is 1.00 bits per heavy atom. The molecule has 2 aromatic rings. The summed E-state index contributed by atoms with van der Waals surface area (Å²) in [6, 6.07) is 5.49. The number of alkyl halides is 3. The van der Waals surface area contributed by atoms with Crippen molar-refractivity contribution in [2.75, 3.05) is 17.2 Å². The van der Waals surface area contributed by atoms with Gasteiger partial charge in [-0.05, 0) is 30.3 Å². The van der Waals surface area contributed by atoms with E-state index in [1.807, 2.05) is 0 Å². The van der Waals surface area contributed by atoms with E-state index >= 15 is 0 Å². The van der Waals surface area contributed by atoms with Crippen molar-refractivity contribution in [3.8, 4) is 0 Å². The van der Waals surface area contributed by atoms with Gasteiger partial charge in [0.05, 0.1) is 17.8 Å². The highest BCUT2D eigenvalue weighted by Crippen LogP contribution is 2.30. The van der Waals surface area contributed by atoms with E-state index in [-0.39, 0.29) is 5.69 Å². The van der Waals surface area contributed by atoms with Gasteiger partial charge in [-0.2, -0.15) is 13.2 Å². The van der Waals surface area contributed by atoms with Crippen molar-refractivity contribution < 1.29 is 31.1 Å². The average Bonchev–Trinajstić information content (AvgIpc) is 2.51. The van der Waals surface area contributed by atoms with Gasteiger partial charge in [0.15, 0.2) is 17.5 Å². The quantitative estimate of drug-likeness (QED) is 0.643. The first kappa shape index (κ1) is 17.6. The number of hydrogen-bond acceptors (Lipinski definition) is 2. The molecule has 24 heavy (non-hydrogen) atoms. The zero-order valence-corrected chi connectivity index (χ0v) is 11.8. The van der Waals surface area contributed by atoms with Crippen molar-refractivity contribution in [1.82, 2.24) is 0 Å². The van der Waals surface area contributed by atoms with Crippen LogP contribution in [0.2, 0.25) is 0 Å². The summed E-state index contributed by atoms with van der Waals surface area (Å²) in [5, 5.41) is 4.41. The van der Waals surface area contributed by atoms with Gasteiger partial charge in [0.25, 0.3) is 0 Å². The molecule has 9 heteroatoms. The monoisotopic (exact) mass is 348 g/mol. The van der Waals surface area contributed by atoms with Crippen molar-refractivity contribution in [1.29, 1.82) is 0 Å². The molecular formula is C15H10F6N2O. The molecular weight excluding hydrogens is 338 g/mol. The number of carbonyl (C=O) groups excluding carboxylic acids is 1. The molecule has 0 bridgehead atoms. The molecule has 0 aliphatic carbocycles. The number of rotatable bonds is 4. The van der Waals surface area contributed by atoms with Crippen molar-refractivity contribution in [3.05, 3.63) is 59.4 Å². The lowest BCUT2D eigenvalue weighted by Gasteiger charge is -2.11. The topological polar surface area (TPSA) is 41.1 Å². The first-order chi connectivity index (χ1) is 11.2. The standard InChI is InChI=1S/C15H10F6N2O/c16-10-4-5-11(14(18)13(10)17)22-7-12(24)23-9-3-1-2-8(6-9)15(19,20)21/h1-6,22H,7H2,(H,23,24). The van der Waals surface area contributed by atoms with E-state index in [0.29, 0.717) is 6.07 Å². The van der Waals surface area contributed by atoms with E-state index in [4.69, 9.17) is 0 Å². The third-order valence-corrected chi connectivity index (χ3v) is 2.95. The fourth-order valence-electron chi connectivity index (χ4n) is 1.82. The minimum atomic E-state index is -4.56. The van der Waals surface area contributed by atoms with Crippen LogP contribution in [0.3, 0.4) is 0 Å². The Hall–Kier alpha value is -2.71. The molecule has 0 aliphatic heterocycles. The minimum Gasteiger partial charge on any atom is -0.374 e. The zero-order chi connectivity index (χ0) is 17.9. The number of halogens is 6. The van der Waals surface area contributed by atoms with Crippen LogP contribution < -0.4 is 10.6 Å². The number of benzene rings is 2. The SMILES string of the molecule is O=C(CNc1ccc(F)c(F)c1F)Nc1cccc(C(F)(F)F)c1. The van der Waals surface area contributed by atoms with Gasteiger partial charge in [0.2, 0.25) is 5.91 Å². The van der Waals surface area contributed by atoms with E-state index in [1.165, 1.54) is 6.07 Å². The van der Waals surface area contributed by atoms with Gasteiger partial charge >= 0.3 is 6.18 Å². The minimum absolute atomic E-state index is 0.109. The summed E-state index contributed by atoms with van der Waals surface area (Å²) in [5.74, 6) is -5.37. The lowest BCUT2D eigenvalue weighted by molar-refractivity contribution is -0.137. The van der Waals surface area contributed by atoms with Gasteiger partial charge in [-0.25, -0.2) is 13.2 Å². The lowest BCUT2D eigenvalue weighted by Crippen LogP contribution is -2.22. The van der Waals surface area contributed by atoms with Gasteiger partial charge in [-0.3, -0.25) is 4.79 Å². The number of nitrogens with one attached hydrogen (secondary N) is 2. The van der Waals surface area contributed by atoms with Crippen LogP contribution in [0.15, 0.2) is 36.4 Å². The molecule has 2 N–H and O–H groups in total. The van der Waals surface area contributed by atoms with Crippen LogP contribution in [0.1, 0.15) is 5.56 Å². The Balaban J connectivity index is 2.01. The van der Waals surface area contributed by atoms with E-state index in [0.717, 1.165) is 24.3 Å². The smallest absolute Gasteiger partial charge is 0.374 e. The molecule has 0 radical (unpaired) electrons. The number of amides is 1. The molecule has 0 saturated heterocycles. The van der Waals surface area contributed by atoms with E-state index < -0.39 is 47.3 Å². The molecule has 128 valence electrons. The maximum absolute atomic E-state index is 13.4. The van der Waals surface area contributed by atoms with Crippen LogP contribution in [-0.2, 0) is 11.0 Å². The van der Waals surface area contributed by atoms with Crippen LogP contribution in [0, 0.1) is 17.5 Å². The Labute approximate surface area is 132 Å². The Bertz CT molecular complexity index is 760. The van der Waals surface area contributed by atoms with Gasteiger partial charge in [0.1, 0.15) is 0 Å². The first-order valence-corrected chi connectivity index (χ1v) is 6.53. The maximum Gasteiger partial charge on any atom is 0.416 e. The van der Waals surface area contributed by atoms with Crippen molar-refractivity contribution in [3.63, 3.8) is 0 Å². The van der Waals surface area contributed by atoms with Crippen LogP contribution in [0.5, 0.6) is 0 Å². The Morgan fingerprint density at radius 3 is 2.38 bits per heavy atom. The normalized spacial score (nSPS) is 11.2. The highest BCUT2D eigenvalue weighted by molar-refractivity contribution is 5.93. The molecule has 1 amide bonds. The number of carbonyl (C=O) groups is 1. The largest absolute Gasteiger partial charge is 0.416 e. The fourth-order valence-corrected chi connectivity index (χ4v) is 1.82. The van der Waals surface area contributed by atoms with Crippen LogP contribution in [0.25, 0.3) is 0 Å². The molecule has 2 aromatic carbocycles. The summed E-state index contributed by atoms with van der Waals surface area (Å²) in [5.41, 5.74) is -1.50. The molecule has 0 aromatic heterocycles. The summed E-state index contributed by atoms with van der Waals surface area (Å²) < 4.78 is 76.8. The maximum atomic E-state index is 13.4. The molecule has 0 atom stereocenters. The average molecular weight is 348 g/mol. The third kappa shape index (κ3) is 4.18. The highest BCUT2D eigenvalue weighted by atomic mass is 19.4. The van der Waals surface area contributed by atoms with Gasteiger partial charge in [0, 0.05) is 5.69 Å². The Kier molecular flexibility index (Phi) is 5.01. The van der Waals surface area contributed by atoms with Gasteiger partial charge in [-0.1, -0.05) is 6.07 Å². The van der Waals surface area contributed by atoms with E-state index in [1.54, 1.807) is 0 Å². The summed E-state index contributed by atoms with van der Waals surface area (Å²) in [7, 11) is 0.